The maximum absolute atomic E-state index is 10.4. The number of nitrogens with two attached hydrogens (primary N) is 1. The Morgan fingerprint density at radius 1 is 1.33 bits per heavy atom. The Morgan fingerprint density at radius 3 is 2.67 bits per heavy atom. The van der Waals surface area contributed by atoms with Gasteiger partial charge in [0.2, 0.25) is 6.61 Å². The molecule has 0 fully saturated rings. The van der Waals surface area contributed by atoms with Gasteiger partial charge in [-0.3, -0.25) is 0 Å². The summed E-state index contributed by atoms with van der Waals surface area (Å²) >= 11 is 6.83. The fourth-order valence-corrected chi connectivity index (χ4v) is 3.51. The number of aliphatic carboxylic acids is 1. The number of benzene rings is 2. The van der Waals surface area contributed by atoms with Crippen LogP contribution in [0, 0.1) is 0 Å². The van der Waals surface area contributed by atoms with E-state index in [-0.39, 0.29) is 11.7 Å². The Hall–Kier alpha value is -2.26. The molecular weight excluding hydrogens is 484 g/mol. The predicted molar refractivity (Wildman–Crippen MR) is 110 cm³/mol. The van der Waals surface area contributed by atoms with Crippen molar-refractivity contribution in [1.82, 2.24) is 0 Å². The molecule has 0 spiro atoms. The van der Waals surface area contributed by atoms with Crippen LogP contribution in [0.15, 0.2) is 38.4 Å². The molecule has 144 valence electrons. The number of nitrogens with zero attached hydrogens (tertiary/aromatic N) is 1. The summed E-state index contributed by atoms with van der Waals surface area (Å²) in [5.74, 6) is 0.221. The van der Waals surface area contributed by atoms with Crippen LogP contribution in [0.2, 0.25) is 0 Å². The summed E-state index contributed by atoms with van der Waals surface area (Å²) in [5, 5.41) is 22.1. The van der Waals surface area contributed by atoms with E-state index in [1.165, 1.54) is 6.21 Å². The number of carboxylic acid groups (broad SMARTS) is 1. The molecule has 0 saturated carbocycles. The lowest BCUT2D eigenvalue weighted by atomic mass is 10.0. The molecule has 0 radical (unpaired) electrons. The van der Waals surface area contributed by atoms with Crippen LogP contribution in [-0.2, 0) is 9.63 Å². The molecule has 0 aliphatic heterocycles. The molecule has 4 N–H and O–H groups in total. The molecule has 27 heavy (non-hydrogen) atoms. The number of rotatable bonds is 7. The highest BCUT2D eigenvalue weighted by Crippen LogP contribution is 2.42. The topological polar surface area (TPSA) is 114 Å². The number of anilines is 1. The van der Waals surface area contributed by atoms with E-state index in [9.17, 15) is 9.90 Å². The first-order valence-corrected chi connectivity index (χ1v) is 9.44. The first-order chi connectivity index (χ1) is 12.7. The van der Waals surface area contributed by atoms with Gasteiger partial charge < -0.3 is 25.5 Å². The van der Waals surface area contributed by atoms with Crippen molar-refractivity contribution in [1.29, 1.82) is 0 Å². The molecular formula is C18H18Br2N2O5. The van der Waals surface area contributed by atoms with Gasteiger partial charge in [-0.2, -0.15) is 0 Å². The van der Waals surface area contributed by atoms with Crippen LogP contribution >= 0.6 is 31.9 Å². The summed E-state index contributed by atoms with van der Waals surface area (Å²) in [4.78, 5) is 15.1. The maximum Gasteiger partial charge on any atom is 0.344 e. The van der Waals surface area contributed by atoms with Crippen molar-refractivity contribution < 1.29 is 24.6 Å². The van der Waals surface area contributed by atoms with Crippen LogP contribution in [0.25, 0.3) is 0 Å². The van der Waals surface area contributed by atoms with E-state index in [4.69, 9.17) is 15.6 Å². The number of oxime groups is 1. The van der Waals surface area contributed by atoms with Gasteiger partial charge in [-0.25, -0.2) is 4.79 Å². The highest BCUT2D eigenvalue weighted by atomic mass is 79.9. The second-order valence-electron chi connectivity index (χ2n) is 5.88. The first kappa shape index (κ1) is 21.0. The van der Waals surface area contributed by atoms with Crippen LogP contribution in [0.1, 0.15) is 30.9 Å². The Labute approximate surface area is 173 Å². The van der Waals surface area contributed by atoms with E-state index in [1.54, 1.807) is 24.3 Å². The molecule has 0 aromatic heterocycles. The monoisotopic (exact) mass is 500 g/mol. The molecule has 9 heteroatoms. The average molecular weight is 502 g/mol. The van der Waals surface area contributed by atoms with Crippen LogP contribution in [0.4, 0.5) is 5.69 Å². The molecule has 0 saturated heterocycles. The lowest BCUT2D eigenvalue weighted by Crippen LogP contribution is -2.04. The van der Waals surface area contributed by atoms with E-state index in [0.29, 0.717) is 31.7 Å². The Bertz CT molecular complexity index is 885. The maximum atomic E-state index is 10.4. The molecule has 0 heterocycles. The van der Waals surface area contributed by atoms with Crippen molar-refractivity contribution in [2.75, 3.05) is 12.3 Å². The smallest absolute Gasteiger partial charge is 0.344 e. The number of phenols is 1. The Balaban J connectivity index is 2.30. The van der Waals surface area contributed by atoms with Crippen molar-refractivity contribution >= 4 is 49.7 Å². The fraction of sp³-hybridized carbons (Fsp3) is 0.222. The Morgan fingerprint density at radius 2 is 2.04 bits per heavy atom. The van der Waals surface area contributed by atoms with Gasteiger partial charge in [0.1, 0.15) is 11.5 Å². The summed E-state index contributed by atoms with van der Waals surface area (Å²) in [6.45, 7) is 3.41. The summed E-state index contributed by atoms with van der Waals surface area (Å²) in [6, 6.07) is 6.68. The van der Waals surface area contributed by atoms with Gasteiger partial charge in [0, 0.05) is 11.1 Å². The van der Waals surface area contributed by atoms with Gasteiger partial charge in [-0.05, 0) is 62.0 Å². The summed E-state index contributed by atoms with van der Waals surface area (Å²) < 4.78 is 7.04. The number of carbonyl (C=O) groups is 1. The van der Waals surface area contributed by atoms with Crippen molar-refractivity contribution in [3.8, 4) is 17.2 Å². The first-order valence-electron chi connectivity index (χ1n) is 7.86. The van der Waals surface area contributed by atoms with Crippen LogP contribution in [0.3, 0.4) is 0 Å². The quantitative estimate of drug-likeness (QED) is 0.284. The SMILES string of the molecule is CC(C)c1cc(Oc2c(Br)cc(/C=N/OCC(=O)O)c(N)c2Br)ccc1O. The van der Waals surface area contributed by atoms with Gasteiger partial charge >= 0.3 is 5.97 Å². The third-order valence-corrected chi connectivity index (χ3v) is 4.92. The number of aromatic hydroxyl groups is 1. The minimum Gasteiger partial charge on any atom is -0.508 e. The number of phenolic OH excluding ortho intramolecular Hbond substituents is 1. The highest BCUT2D eigenvalue weighted by molar-refractivity contribution is 9.11. The molecule has 0 bridgehead atoms. The number of nitrogen functional groups attached to an aromatic ring is 1. The van der Waals surface area contributed by atoms with Crippen LogP contribution in [0.5, 0.6) is 17.2 Å². The molecule has 0 aliphatic carbocycles. The van der Waals surface area contributed by atoms with Gasteiger partial charge in [0.05, 0.1) is 20.8 Å². The zero-order valence-corrected chi connectivity index (χ0v) is 17.7. The van der Waals surface area contributed by atoms with Gasteiger partial charge in [0.15, 0.2) is 5.75 Å². The number of halogens is 2. The zero-order valence-electron chi connectivity index (χ0n) is 14.6. The number of carboxylic acids is 1. The van der Waals surface area contributed by atoms with Gasteiger partial charge in [0.25, 0.3) is 0 Å². The molecule has 0 aliphatic rings. The normalized spacial score (nSPS) is 11.1. The van der Waals surface area contributed by atoms with E-state index >= 15 is 0 Å². The van der Waals surface area contributed by atoms with Crippen molar-refractivity contribution in [2.24, 2.45) is 5.16 Å². The third kappa shape index (κ3) is 5.36. The molecule has 2 aromatic rings. The number of hydrogen-bond donors (Lipinski definition) is 3. The van der Waals surface area contributed by atoms with Crippen LogP contribution in [-0.4, -0.2) is 29.0 Å². The summed E-state index contributed by atoms with van der Waals surface area (Å²) in [7, 11) is 0. The standard InChI is InChI=1S/C18H18Br2N2O5/c1-9(2)12-6-11(3-4-14(12)23)27-18-13(19)5-10(17(21)16(18)20)7-22-26-8-15(24)25/h3-7,9,23H,8,21H2,1-2H3,(H,24,25)/b22-7+. The summed E-state index contributed by atoms with van der Waals surface area (Å²) in [6.07, 6.45) is 1.31. The second-order valence-corrected chi connectivity index (χ2v) is 7.53. The highest BCUT2D eigenvalue weighted by Gasteiger charge is 2.16. The molecule has 2 rings (SSSR count). The van der Waals surface area contributed by atoms with Crippen molar-refractivity contribution in [3.05, 3.63) is 44.3 Å². The van der Waals surface area contributed by atoms with E-state index < -0.39 is 12.6 Å². The largest absolute Gasteiger partial charge is 0.508 e. The number of hydrogen-bond acceptors (Lipinski definition) is 6. The second kappa shape index (κ2) is 9.09. The minimum absolute atomic E-state index is 0.134. The number of ether oxygens (including phenoxy) is 1. The molecule has 7 nitrogen and oxygen atoms in total. The predicted octanol–water partition coefficient (Wildman–Crippen LogP) is 4.85. The molecule has 0 unspecified atom stereocenters. The molecule has 0 atom stereocenters. The fourth-order valence-electron chi connectivity index (χ4n) is 2.20. The third-order valence-electron chi connectivity index (χ3n) is 3.54. The molecule has 2 aromatic carbocycles. The Kier molecular flexibility index (Phi) is 7.09. The van der Waals surface area contributed by atoms with Crippen LogP contribution < -0.4 is 10.5 Å². The van der Waals surface area contributed by atoms with Crippen molar-refractivity contribution in [3.63, 3.8) is 0 Å². The van der Waals surface area contributed by atoms with Gasteiger partial charge in [-0.1, -0.05) is 19.0 Å². The lowest BCUT2D eigenvalue weighted by molar-refractivity contribution is -0.142. The minimum atomic E-state index is -1.12. The lowest BCUT2D eigenvalue weighted by Gasteiger charge is -2.15. The van der Waals surface area contributed by atoms with E-state index in [1.807, 2.05) is 13.8 Å². The van der Waals surface area contributed by atoms with E-state index in [2.05, 4.69) is 41.9 Å². The van der Waals surface area contributed by atoms with E-state index in [0.717, 1.165) is 5.56 Å². The summed E-state index contributed by atoms with van der Waals surface area (Å²) in [5.41, 5.74) is 7.73. The van der Waals surface area contributed by atoms with Gasteiger partial charge in [-0.15, -0.1) is 0 Å². The molecule has 0 amide bonds. The van der Waals surface area contributed by atoms with Crippen molar-refractivity contribution in [2.45, 2.75) is 19.8 Å². The zero-order chi connectivity index (χ0) is 20.1. The average Bonchev–Trinajstić information content (AvgIpc) is 2.60.